The number of aliphatic hydroxyl groups is 1. The number of ketones is 1. The Balaban J connectivity index is 1.65. The first-order valence-corrected chi connectivity index (χ1v) is 16.1. The third-order valence-corrected chi connectivity index (χ3v) is 8.80. The fourth-order valence-corrected chi connectivity index (χ4v) is 6.42. The van der Waals surface area contributed by atoms with Crippen LogP contribution in [-0.2, 0) is 20.7 Å². The van der Waals surface area contributed by atoms with Crippen molar-refractivity contribution < 1.29 is 38.4 Å². The van der Waals surface area contributed by atoms with Crippen LogP contribution in [0.1, 0.15) is 72.2 Å². The first-order chi connectivity index (χ1) is 22.0. The molecule has 1 saturated heterocycles. The van der Waals surface area contributed by atoms with Gasteiger partial charge in [-0.15, -0.1) is 0 Å². The first kappa shape index (κ1) is 32.7. The Labute approximate surface area is 272 Å². The van der Waals surface area contributed by atoms with Crippen molar-refractivity contribution in [2.75, 3.05) is 24.7 Å². The first-order valence-electron chi connectivity index (χ1n) is 15.3. The highest BCUT2D eigenvalue weighted by Gasteiger charge is 2.49. The third-order valence-electron chi connectivity index (χ3n) is 7.66. The molecule has 0 bridgehead atoms. The topological polar surface area (TPSA) is 124 Å². The second kappa shape index (κ2) is 13.8. The van der Waals surface area contributed by atoms with Gasteiger partial charge in [0.25, 0.3) is 5.78 Å². The van der Waals surface area contributed by atoms with E-state index in [1.807, 2.05) is 13.8 Å². The summed E-state index contributed by atoms with van der Waals surface area (Å²) >= 11 is 0.933. The van der Waals surface area contributed by atoms with E-state index in [4.69, 9.17) is 18.9 Å². The predicted octanol–water partition coefficient (Wildman–Crippen LogP) is 6.57. The van der Waals surface area contributed by atoms with Gasteiger partial charge in [0.1, 0.15) is 29.1 Å². The fourth-order valence-electron chi connectivity index (χ4n) is 5.43. The molecule has 1 aromatic heterocycles. The summed E-state index contributed by atoms with van der Waals surface area (Å²) in [4.78, 5) is 46.3. The van der Waals surface area contributed by atoms with E-state index in [-0.39, 0.29) is 34.1 Å². The van der Waals surface area contributed by atoms with Crippen LogP contribution in [0.15, 0.2) is 54.6 Å². The van der Waals surface area contributed by atoms with Gasteiger partial charge in [0.05, 0.1) is 30.5 Å². The summed E-state index contributed by atoms with van der Waals surface area (Å²) in [6.07, 6.45) is 2.93. The molecule has 2 aliphatic heterocycles. The number of hydrogen-bond donors (Lipinski definition) is 1. The maximum Gasteiger partial charge on any atom is 0.350 e. The Hall–Kier alpha value is -4.64. The van der Waals surface area contributed by atoms with Gasteiger partial charge in [-0.25, -0.2) is 9.78 Å². The summed E-state index contributed by atoms with van der Waals surface area (Å²) in [6.45, 7) is 14.1. The molecule has 3 aromatic rings. The average Bonchev–Trinajstić information content (AvgIpc) is 3.67. The molecule has 0 radical (unpaired) electrons. The molecule has 11 heteroatoms. The van der Waals surface area contributed by atoms with Crippen LogP contribution in [0.4, 0.5) is 5.13 Å². The Morgan fingerprint density at radius 1 is 1.20 bits per heavy atom. The number of amides is 1. The van der Waals surface area contributed by atoms with Gasteiger partial charge in [-0.2, -0.15) is 0 Å². The standard InChI is InChI=1S/C35H38N2O8S/c1-7-14-44-34(41)32-21(6)36-35(46-32)37-29(22-9-12-26(27(18-22)42-8-2)43-15-13-19(3)4)28(31(39)33(37)40)30(38)23-10-11-25-24(17-23)16-20(5)45-25/h7,9-12,17-20,29,38H,1,8,13-16H2,2-6H3. The molecule has 2 aliphatic rings. The smallest absolute Gasteiger partial charge is 0.350 e. The van der Waals surface area contributed by atoms with E-state index in [0.29, 0.717) is 59.6 Å². The Kier molecular flexibility index (Phi) is 9.81. The van der Waals surface area contributed by atoms with Crippen molar-refractivity contribution in [1.29, 1.82) is 0 Å². The van der Waals surface area contributed by atoms with E-state index < -0.39 is 23.7 Å². The van der Waals surface area contributed by atoms with Crippen LogP contribution in [-0.4, -0.2) is 53.7 Å². The molecule has 0 saturated carbocycles. The zero-order valence-electron chi connectivity index (χ0n) is 26.6. The number of benzene rings is 2. The van der Waals surface area contributed by atoms with Crippen LogP contribution in [0.3, 0.4) is 0 Å². The molecule has 2 unspecified atom stereocenters. The van der Waals surface area contributed by atoms with E-state index in [1.54, 1.807) is 43.3 Å². The number of carbonyl (C=O) groups is 3. The molecule has 3 heterocycles. The van der Waals surface area contributed by atoms with Gasteiger partial charge < -0.3 is 24.1 Å². The number of nitrogens with zero attached hydrogens (tertiary/aromatic N) is 2. The number of aryl methyl sites for hydroxylation is 1. The van der Waals surface area contributed by atoms with Gasteiger partial charge in [-0.1, -0.05) is 43.9 Å². The zero-order valence-corrected chi connectivity index (χ0v) is 27.4. The minimum Gasteiger partial charge on any atom is -0.507 e. The summed E-state index contributed by atoms with van der Waals surface area (Å²) in [5, 5.41) is 11.8. The van der Waals surface area contributed by atoms with Gasteiger partial charge >= 0.3 is 11.9 Å². The number of ether oxygens (including phenoxy) is 4. The van der Waals surface area contributed by atoms with E-state index in [2.05, 4.69) is 25.4 Å². The minimum atomic E-state index is -1.09. The highest BCUT2D eigenvalue weighted by Crippen LogP contribution is 2.46. The number of anilines is 1. The van der Waals surface area contributed by atoms with Crippen LogP contribution in [0, 0.1) is 12.8 Å². The van der Waals surface area contributed by atoms with Crippen LogP contribution in [0.2, 0.25) is 0 Å². The van der Waals surface area contributed by atoms with Gasteiger partial charge in [0.2, 0.25) is 0 Å². The number of carbonyl (C=O) groups excluding carboxylic acids is 3. The van der Waals surface area contributed by atoms with Gasteiger partial charge in [-0.05, 0) is 74.6 Å². The number of rotatable bonds is 12. The molecule has 10 nitrogen and oxygen atoms in total. The lowest BCUT2D eigenvalue weighted by molar-refractivity contribution is -0.132. The summed E-state index contributed by atoms with van der Waals surface area (Å²) in [6, 6.07) is 9.29. The molecule has 2 aromatic carbocycles. The zero-order chi connectivity index (χ0) is 33.1. The number of thiazole rings is 1. The van der Waals surface area contributed by atoms with Crippen LogP contribution in [0.5, 0.6) is 17.2 Å². The molecule has 0 spiro atoms. The minimum absolute atomic E-state index is 0.00636. The SMILES string of the molecule is C=CCOC(=O)c1sc(N2C(=O)C(=O)C(=C(O)c3ccc4c(c3)CC(C)O4)C2c2ccc(OCCC(C)C)c(OCC)c2)nc1C. The molecule has 5 rings (SSSR count). The summed E-state index contributed by atoms with van der Waals surface area (Å²) in [7, 11) is 0. The highest BCUT2D eigenvalue weighted by molar-refractivity contribution is 7.17. The van der Waals surface area contributed by atoms with Crippen LogP contribution < -0.4 is 19.1 Å². The van der Waals surface area contributed by atoms with E-state index in [9.17, 15) is 19.5 Å². The van der Waals surface area contributed by atoms with Crippen molar-refractivity contribution in [3.8, 4) is 17.2 Å². The van der Waals surface area contributed by atoms with Gasteiger partial charge in [0, 0.05) is 12.0 Å². The molecular weight excluding hydrogens is 608 g/mol. The summed E-state index contributed by atoms with van der Waals surface area (Å²) in [5.74, 6) is -0.608. The number of fused-ring (bicyclic) bond motifs is 1. The molecule has 1 amide bonds. The molecule has 2 atom stereocenters. The molecule has 46 heavy (non-hydrogen) atoms. The van der Waals surface area contributed by atoms with Crippen molar-refractivity contribution >= 4 is 39.9 Å². The number of aromatic nitrogens is 1. The second-order valence-corrected chi connectivity index (χ2v) is 12.6. The summed E-state index contributed by atoms with van der Waals surface area (Å²) < 4.78 is 23.0. The molecule has 242 valence electrons. The van der Waals surface area contributed by atoms with Crippen LogP contribution >= 0.6 is 11.3 Å². The van der Waals surface area contributed by atoms with Crippen molar-refractivity contribution in [2.45, 2.75) is 59.6 Å². The highest BCUT2D eigenvalue weighted by atomic mass is 32.1. The number of aliphatic hydroxyl groups excluding tert-OH is 1. The maximum atomic E-state index is 13.8. The molecule has 1 fully saturated rings. The monoisotopic (exact) mass is 646 g/mol. The van der Waals surface area contributed by atoms with Crippen LogP contribution in [0.25, 0.3) is 5.76 Å². The predicted molar refractivity (Wildman–Crippen MR) is 175 cm³/mol. The third kappa shape index (κ3) is 6.50. The Bertz CT molecular complexity index is 1710. The lowest BCUT2D eigenvalue weighted by atomic mass is 9.94. The van der Waals surface area contributed by atoms with Crippen molar-refractivity contribution in [2.24, 2.45) is 5.92 Å². The fraction of sp³-hybridized carbons (Fsp3) is 0.371. The van der Waals surface area contributed by atoms with Crippen molar-refractivity contribution in [3.05, 3.63) is 81.9 Å². The van der Waals surface area contributed by atoms with Crippen molar-refractivity contribution in [1.82, 2.24) is 4.98 Å². The largest absolute Gasteiger partial charge is 0.507 e. The summed E-state index contributed by atoms with van der Waals surface area (Å²) in [5.41, 5.74) is 1.98. The normalized spacial score (nSPS) is 18.4. The molecular formula is C35H38N2O8S. The number of hydrogen-bond acceptors (Lipinski definition) is 10. The van der Waals surface area contributed by atoms with Gasteiger partial charge in [0.15, 0.2) is 16.6 Å². The molecule has 0 aliphatic carbocycles. The second-order valence-electron chi connectivity index (χ2n) is 11.6. The van der Waals surface area contributed by atoms with Crippen molar-refractivity contribution in [3.63, 3.8) is 0 Å². The van der Waals surface area contributed by atoms with Gasteiger partial charge in [-0.3, -0.25) is 14.5 Å². The quantitative estimate of drug-likeness (QED) is 0.0765. The number of esters is 1. The average molecular weight is 647 g/mol. The lowest BCUT2D eigenvalue weighted by Gasteiger charge is -2.24. The number of Topliss-reactive ketones (excluding diaryl/α,β-unsaturated/α-hetero) is 1. The van der Waals surface area contributed by atoms with E-state index in [0.717, 1.165) is 23.3 Å². The maximum absolute atomic E-state index is 13.8. The molecule has 1 N–H and O–H groups in total. The van der Waals surface area contributed by atoms with E-state index >= 15 is 0 Å². The lowest BCUT2D eigenvalue weighted by Crippen LogP contribution is -2.29. The van der Waals surface area contributed by atoms with E-state index in [1.165, 1.54) is 11.0 Å². The Morgan fingerprint density at radius 2 is 1.98 bits per heavy atom. The Morgan fingerprint density at radius 3 is 2.70 bits per heavy atom.